The average Bonchev–Trinajstić information content (AvgIpc) is 3.22. The van der Waals surface area contributed by atoms with Crippen molar-refractivity contribution >= 4 is 16.5 Å². The van der Waals surface area contributed by atoms with E-state index in [0.717, 1.165) is 47.3 Å². The highest BCUT2D eigenvalue weighted by Gasteiger charge is 2.14. The van der Waals surface area contributed by atoms with Crippen LogP contribution in [0, 0.1) is 0 Å². The van der Waals surface area contributed by atoms with Crippen LogP contribution in [0.25, 0.3) is 11.3 Å². The number of rotatable bonds is 9. The molecule has 0 amide bonds. The van der Waals surface area contributed by atoms with E-state index in [2.05, 4.69) is 53.8 Å². The Morgan fingerprint density at radius 1 is 0.774 bits per heavy atom. The number of benzene rings is 3. The molecule has 0 saturated heterocycles. The fourth-order valence-corrected chi connectivity index (χ4v) is 4.45. The molecule has 0 fully saturated rings. The van der Waals surface area contributed by atoms with Crippen molar-refractivity contribution in [3.05, 3.63) is 94.9 Å². The van der Waals surface area contributed by atoms with Gasteiger partial charge in [-0.05, 0) is 53.9 Å². The second-order valence-corrected chi connectivity index (χ2v) is 8.29. The number of nitrogens with one attached hydrogen (secondary N) is 1. The minimum absolute atomic E-state index is 0.826. The SMILES string of the molecule is COc1ccc(CCNc2nc(-c3ccc(OC)cc3)c(Cc3ccccc3)s2)cc1. The van der Waals surface area contributed by atoms with Gasteiger partial charge in [0, 0.05) is 23.4 Å². The highest BCUT2D eigenvalue weighted by molar-refractivity contribution is 7.16. The lowest BCUT2D eigenvalue weighted by Crippen LogP contribution is -2.04. The highest BCUT2D eigenvalue weighted by atomic mass is 32.1. The monoisotopic (exact) mass is 430 g/mol. The number of hydrogen-bond donors (Lipinski definition) is 1. The molecule has 1 heterocycles. The van der Waals surface area contributed by atoms with Gasteiger partial charge in [0.25, 0.3) is 0 Å². The summed E-state index contributed by atoms with van der Waals surface area (Å²) in [5.74, 6) is 1.73. The van der Waals surface area contributed by atoms with Crippen molar-refractivity contribution in [1.29, 1.82) is 0 Å². The van der Waals surface area contributed by atoms with Crippen LogP contribution in [0.4, 0.5) is 5.13 Å². The first kappa shape index (κ1) is 20.9. The second kappa shape index (κ2) is 10.1. The van der Waals surface area contributed by atoms with Crippen molar-refractivity contribution in [2.75, 3.05) is 26.1 Å². The van der Waals surface area contributed by atoms with E-state index in [-0.39, 0.29) is 0 Å². The lowest BCUT2D eigenvalue weighted by atomic mass is 10.1. The summed E-state index contributed by atoms with van der Waals surface area (Å²) in [4.78, 5) is 6.19. The van der Waals surface area contributed by atoms with Crippen molar-refractivity contribution in [1.82, 2.24) is 4.98 Å². The zero-order valence-electron chi connectivity index (χ0n) is 17.8. The minimum atomic E-state index is 0.826. The molecule has 4 nitrogen and oxygen atoms in total. The van der Waals surface area contributed by atoms with Crippen molar-refractivity contribution in [2.24, 2.45) is 0 Å². The Morgan fingerprint density at radius 2 is 1.42 bits per heavy atom. The molecule has 0 aliphatic heterocycles. The molecule has 0 spiro atoms. The molecular formula is C26H26N2O2S. The number of thiazole rings is 1. The van der Waals surface area contributed by atoms with Gasteiger partial charge in [0.15, 0.2) is 5.13 Å². The summed E-state index contributed by atoms with van der Waals surface area (Å²) in [5, 5.41) is 4.46. The first-order valence-corrected chi connectivity index (χ1v) is 11.1. The van der Waals surface area contributed by atoms with E-state index in [1.807, 2.05) is 30.3 Å². The molecule has 158 valence electrons. The van der Waals surface area contributed by atoms with Crippen LogP contribution >= 0.6 is 11.3 Å². The number of methoxy groups -OCH3 is 2. The summed E-state index contributed by atoms with van der Waals surface area (Å²) in [5.41, 5.74) is 4.69. The largest absolute Gasteiger partial charge is 0.497 e. The van der Waals surface area contributed by atoms with E-state index in [1.165, 1.54) is 16.0 Å². The van der Waals surface area contributed by atoms with Crippen molar-refractivity contribution in [3.63, 3.8) is 0 Å². The van der Waals surface area contributed by atoms with Crippen LogP contribution in [-0.4, -0.2) is 25.7 Å². The van der Waals surface area contributed by atoms with Gasteiger partial charge in [-0.1, -0.05) is 42.5 Å². The lowest BCUT2D eigenvalue weighted by molar-refractivity contribution is 0.414. The quantitative estimate of drug-likeness (QED) is 0.350. The van der Waals surface area contributed by atoms with Gasteiger partial charge in [0.1, 0.15) is 11.5 Å². The van der Waals surface area contributed by atoms with Crippen LogP contribution in [0.3, 0.4) is 0 Å². The Morgan fingerprint density at radius 3 is 2.06 bits per heavy atom. The normalized spacial score (nSPS) is 10.6. The predicted molar refractivity (Wildman–Crippen MR) is 129 cm³/mol. The maximum atomic E-state index is 5.31. The van der Waals surface area contributed by atoms with E-state index in [1.54, 1.807) is 25.6 Å². The number of nitrogens with zero attached hydrogens (tertiary/aromatic N) is 1. The third kappa shape index (κ3) is 5.44. The topological polar surface area (TPSA) is 43.4 Å². The van der Waals surface area contributed by atoms with Gasteiger partial charge in [-0.15, -0.1) is 11.3 Å². The molecule has 1 aromatic heterocycles. The molecule has 0 aliphatic rings. The zero-order valence-corrected chi connectivity index (χ0v) is 18.6. The Hall–Kier alpha value is -3.31. The summed E-state index contributed by atoms with van der Waals surface area (Å²) < 4.78 is 10.5. The number of anilines is 1. The molecule has 4 rings (SSSR count). The molecule has 0 atom stereocenters. The Kier molecular flexibility index (Phi) is 6.85. The van der Waals surface area contributed by atoms with Crippen LogP contribution in [-0.2, 0) is 12.8 Å². The number of ether oxygens (including phenoxy) is 2. The maximum Gasteiger partial charge on any atom is 0.183 e. The van der Waals surface area contributed by atoms with Crippen LogP contribution in [0.1, 0.15) is 16.0 Å². The van der Waals surface area contributed by atoms with Gasteiger partial charge in [0.2, 0.25) is 0 Å². The van der Waals surface area contributed by atoms with Crippen molar-refractivity contribution < 1.29 is 9.47 Å². The highest BCUT2D eigenvalue weighted by Crippen LogP contribution is 2.33. The molecule has 4 aromatic rings. The van der Waals surface area contributed by atoms with Crippen LogP contribution < -0.4 is 14.8 Å². The Bertz CT molecular complexity index is 1090. The van der Waals surface area contributed by atoms with E-state index in [4.69, 9.17) is 14.5 Å². The molecule has 0 saturated carbocycles. The first-order chi connectivity index (χ1) is 15.2. The van der Waals surface area contributed by atoms with E-state index >= 15 is 0 Å². The molecule has 31 heavy (non-hydrogen) atoms. The number of aromatic nitrogens is 1. The Labute approximate surface area is 187 Å². The van der Waals surface area contributed by atoms with Crippen LogP contribution in [0.2, 0.25) is 0 Å². The maximum absolute atomic E-state index is 5.31. The molecular weight excluding hydrogens is 404 g/mol. The van der Waals surface area contributed by atoms with Gasteiger partial charge in [-0.2, -0.15) is 0 Å². The van der Waals surface area contributed by atoms with E-state index in [0.29, 0.717) is 0 Å². The number of hydrogen-bond acceptors (Lipinski definition) is 5. The van der Waals surface area contributed by atoms with Gasteiger partial charge in [-0.3, -0.25) is 0 Å². The minimum Gasteiger partial charge on any atom is -0.497 e. The van der Waals surface area contributed by atoms with Gasteiger partial charge < -0.3 is 14.8 Å². The molecule has 0 radical (unpaired) electrons. The summed E-state index contributed by atoms with van der Waals surface area (Å²) in [7, 11) is 3.37. The Balaban J connectivity index is 1.51. The molecule has 1 N–H and O–H groups in total. The van der Waals surface area contributed by atoms with Crippen molar-refractivity contribution in [2.45, 2.75) is 12.8 Å². The van der Waals surface area contributed by atoms with Gasteiger partial charge >= 0.3 is 0 Å². The summed E-state index contributed by atoms with van der Waals surface area (Å²) in [6, 6.07) is 26.8. The predicted octanol–water partition coefficient (Wildman–Crippen LogP) is 6.07. The summed E-state index contributed by atoms with van der Waals surface area (Å²) in [6.45, 7) is 0.826. The molecule has 0 unspecified atom stereocenters. The third-order valence-electron chi connectivity index (χ3n) is 5.12. The van der Waals surface area contributed by atoms with Crippen LogP contribution in [0.15, 0.2) is 78.9 Å². The van der Waals surface area contributed by atoms with Gasteiger partial charge in [-0.25, -0.2) is 4.98 Å². The molecule has 0 bridgehead atoms. The second-order valence-electron chi connectivity index (χ2n) is 7.21. The fraction of sp³-hybridized carbons (Fsp3) is 0.192. The lowest BCUT2D eigenvalue weighted by Gasteiger charge is -2.05. The van der Waals surface area contributed by atoms with E-state index in [9.17, 15) is 0 Å². The third-order valence-corrected chi connectivity index (χ3v) is 6.13. The first-order valence-electron chi connectivity index (χ1n) is 10.3. The standard InChI is InChI=1S/C26H26N2O2S/c1-29-22-12-8-19(9-13-22)16-17-27-26-28-25(21-10-14-23(30-2)15-11-21)24(31-26)18-20-6-4-3-5-7-20/h3-15H,16-18H2,1-2H3,(H,27,28). The molecule has 0 aliphatic carbocycles. The van der Waals surface area contributed by atoms with Gasteiger partial charge in [0.05, 0.1) is 19.9 Å². The summed E-state index contributed by atoms with van der Waals surface area (Å²) >= 11 is 1.73. The fourth-order valence-electron chi connectivity index (χ4n) is 3.41. The molecule has 3 aromatic carbocycles. The van der Waals surface area contributed by atoms with E-state index < -0.39 is 0 Å². The zero-order chi connectivity index (χ0) is 21.5. The molecule has 5 heteroatoms. The van der Waals surface area contributed by atoms with Crippen LogP contribution in [0.5, 0.6) is 11.5 Å². The summed E-state index contributed by atoms with van der Waals surface area (Å²) in [6.07, 6.45) is 1.79. The smallest absolute Gasteiger partial charge is 0.183 e. The average molecular weight is 431 g/mol. The van der Waals surface area contributed by atoms with Crippen molar-refractivity contribution in [3.8, 4) is 22.8 Å².